The van der Waals surface area contributed by atoms with Gasteiger partial charge in [-0.25, -0.2) is 0 Å². The van der Waals surface area contributed by atoms with E-state index in [2.05, 4.69) is 31.9 Å². The molecular formula is C8H14Br2O3. The molecule has 0 saturated heterocycles. The summed E-state index contributed by atoms with van der Waals surface area (Å²) in [4.78, 5) is 11.5. The van der Waals surface area contributed by atoms with E-state index >= 15 is 0 Å². The molecule has 0 spiro atoms. The third-order valence-corrected chi connectivity index (χ3v) is 3.50. The zero-order valence-electron chi connectivity index (χ0n) is 7.63. The van der Waals surface area contributed by atoms with Gasteiger partial charge in [0.15, 0.2) is 9.02 Å². The Labute approximate surface area is 94.8 Å². The van der Waals surface area contributed by atoms with E-state index in [-0.39, 0.29) is 11.7 Å². The Kier molecular flexibility index (Phi) is 5.67. The first-order chi connectivity index (χ1) is 5.82. The minimum atomic E-state index is -1.21. The van der Waals surface area contributed by atoms with Crippen molar-refractivity contribution in [2.24, 2.45) is 5.92 Å². The summed E-state index contributed by atoms with van der Waals surface area (Å²) in [5.74, 6) is 0.0666. The van der Waals surface area contributed by atoms with Gasteiger partial charge >= 0.3 is 0 Å². The Morgan fingerprint density at radius 3 is 2.23 bits per heavy atom. The first-order valence-electron chi connectivity index (χ1n) is 4.02. The average molecular weight is 318 g/mol. The van der Waals surface area contributed by atoms with Crippen molar-refractivity contribution in [2.75, 3.05) is 6.61 Å². The quantitative estimate of drug-likeness (QED) is 0.754. The highest BCUT2D eigenvalue weighted by atomic mass is 79.9. The smallest absolute Gasteiger partial charge is 0.166 e. The maximum Gasteiger partial charge on any atom is 0.166 e. The molecule has 0 heterocycles. The molecule has 0 aromatic heterocycles. The molecule has 0 bridgehead atoms. The Bertz CT molecular complexity index is 180. The molecule has 0 aromatic carbocycles. The van der Waals surface area contributed by atoms with Gasteiger partial charge in [-0.15, -0.1) is 0 Å². The third kappa shape index (κ3) is 4.06. The monoisotopic (exact) mass is 316 g/mol. The summed E-state index contributed by atoms with van der Waals surface area (Å²) < 4.78 is -1.21. The molecule has 78 valence electrons. The van der Waals surface area contributed by atoms with E-state index in [0.29, 0.717) is 6.42 Å². The second-order valence-electron chi connectivity index (χ2n) is 3.34. The molecule has 0 saturated carbocycles. The normalized spacial score (nSPS) is 14.7. The molecule has 0 radical (unpaired) electrons. The van der Waals surface area contributed by atoms with Crippen LogP contribution in [0.5, 0.6) is 0 Å². The lowest BCUT2D eigenvalue weighted by Gasteiger charge is -2.24. The summed E-state index contributed by atoms with van der Waals surface area (Å²) in [7, 11) is 0. The lowest BCUT2D eigenvalue weighted by atomic mass is 10.0. The molecule has 0 fully saturated rings. The van der Waals surface area contributed by atoms with Crippen LogP contribution in [0.25, 0.3) is 0 Å². The van der Waals surface area contributed by atoms with E-state index < -0.39 is 15.9 Å². The van der Waals surface area contributed by atoms with Crippen LogP contribution >= 0.6 is 31.9 Å². The number of ketones is 1. The van der Waals surface area contributed by atoms with Crippen LogP contribution in [-0.4, -0.2) is 31.9 Å². The van der Waals surface area contributed by atoms with E-state index in [4.69, 9.17) is 5.11 Å². The van der Waals surface area contributed by atoms with Gasteiger partial charge in [0.1, 0.15) is 6.10 Å². The van der Waals surface area contributed by atoms with E-state index in [9.17, 15) is 9.90 Å². The molecule has 3 nitrogen and oxygen atoms in total. The lowest BCUT2D eigenvalue weighted by molar-refractivity contribution is -0.122. The Hall–Kier alpha value is 0.550. The highest BCUT2D eigenvalue weighted by Gasteiger charge is 2.39. The van der Waals surface area contributed by atoms with Crippen molar-refractivity contribution < 1.29 is 15.0 Å². The van der Waals surface area contributed by atoms with E-state index in [1.54, 1.807) is 0 Å². The van der Waals surface area contributed by atoms with E-state index in [1.165, 1.54) is 0 Å². The van der Waals surface area contributed by atoms with Gasteiger partial charge in [0.2, 0.25) is 0 Å². The van der Waals surface area contributed by atoms with Gasteiger partial charge in [-0.3, -0.25) is 4.79 Å². The Morgan fingerprint density at radius 2 is 1.92 bits per heavy atom. The number of hydrogen-bond donors (Lipinski definition) is 2. The summed E-state index contributed by atoms with van der Waals surface area (Å²) in [6.07, 6.45) is -0.771. The number of Topliss-reactive ketones (excluding diaryl/α,β-unsaturated/α-hetero) is 1. The van der Waals surface area contributed by atoms with Gasteiger partial charge in [-0.1, -0.05) is 45.7 Å². The molecule has 1 atom stereocenters. The number of aliphatic hydroxyl groups excluding tert-OH is 2. The maximum atomic E-state index is 11.5. The van der Waals surface area contributed by atoms with Gasteiger partial charge in [0, 0.05) is 6.42 Å². The number of rotatable bonds is 5. The van der Waals surface area contributed by atoms with Gasteiger partial charge in [-0.05, 0) is 5.92 Å². The van der Waals surface area contributed by atoms with Gasteiger partial charge in [0.25, 0.3) is 0 Å². The second kappa shape index (κ2) is 5.44. The average Bonchev–Trinajstić information content (AvgIpc) is 2.01. The second-order valence-corrected chi connectivity index (χ2v) is 6.91. The maximum absolute atomic E-state index is 11.5. The number of halogens is 2. The number of aliphatic hydroxyl groups is 2. The van der Waals surface area contributed by atoms with Crippen LogP contribution in [0.15, 0.2) is 0 Å². The fourth-order valence-corrected chi connectivity index (χ4v) is 1.42. The van der Waals surface area contributed by atoms with Crippen molar-refractivity contribution in [3.8, 4) is 0 Å². The molecule has 5 heteroatoms. The predicted octanol–water partition coefficient (Wildman–Crippen LogP) is 1.44. The molecule has 0 aromatic rings. The predicted molar refractivity (Wildman–Crippen MR) is 58.1 cm³/mol. The summed E-state index contributed by atoms with van der Waals surface area (Å²) in [5, 5.41) is 18.0. The number of hydrogen-bond acceptors (Lipinski definition) is 3. The standard InChI is InChI=1S/C8H14Br2O3/c1-5(2)3-6(12)8(9,10)7(13)4-11/h5,7,11,13H,3-4H2,1-2H3. The molecule has 13 heavy (non-hydrogen) atoms. The van der Waals surface area contributed by atoms with Gasteiger partial charge in [0.05, 0.1) is 6.61 Å². The van der Waals surface area contributed by atoms with E-state index in [1.807, 2.05) is 13.8 Å². The van der Waals surface area contributed by atoms with Crippen LogP contribution in [0, 0.1) is 5.92 Å². The Balaban J connectivity index is 4.35. The molecule has 2 N–H and O–H groups in total. The van der Waals surface area contributed by atoms with Crippen LogP contribution in [0.1, 0.15) is 20.3 Å². The minimum absolute atomic E-state index is 0.163. The van der Waals surface area contributed by atoms with Gasteiger partial charge < -0.3 is 10.2 Å². The van der Waals surface area contributed by atoms with Crippen molar-refractivity contribution in [1.82, 2.24) is 0 Å². The highest BCUT2D eigenvalue weighted by molar-refractivity contribution is 9.26. The summed E-state index contributed by atoms with van der Waals surface area (Å²) >= 11 is 6.12. The molecular weight excluding hydrogens is 304 g/mol. The molecule has 0 aliphatic rings. The Morgan fingerprint density at radius 1 is 1.46 bits per heavy atom. The van der Waals surface area contributed by atoms with Crippen LogP contribution in [0.3, 0.4) is 0 Å². The topological polar surface area (TPSA) is 57.5 Å². The van der Waals surface area contributed by atoms with Crippen LogP contribution in [0.4, 0.5) is 0 Å². The van der Waals surface area contributed by atoms with Crippen LogP contribution < -0.4 is 0 Å². The zero-order chi connectivity index (χ0) is 10.6. The highest BCUT2D eigenvalue weighted by Crippen LogP contribution is 2.33. The van der Waals surface area contributed by atoms with Crippen molar-refractivity contribution in [2.45, 2.75) is 29.6 Å². The summed E-state index contributed by atoms with van der Waals surface area (Å²) in [5.41, 5.74) is 0. The van der Waals surface area contributed by atoms with Crippen LogP contribution in [0.2, 0.25) is 0 Å². The van der Waals surface area contributed by atoms with Crippen LogP contribution in [-0.2, 0) is 4.79 Å². The molecule has 0 aliphatic heterocycles. The van der Waals surface area contributed by atoms with Gasteiger partial charge in [-0.2, -0.15) is 0 Å². The molecule has 1 unspecified atom stereocenters. The van der Waals surface area contributed by atoms with Crippen molar-refractivity contribution in [1.29, 1.82) is 0 Å². The third-order valence-electron chi connectivity index (χ3n) is 1.56. The fraction of sp³-hybridized carbons (Fsp3) is 0.875. The fourth-order valence-electron chi connectivity index (χ4n) is 0.807. The van der Waals surface area contributed by atoms with Crippen molar-refractivity contribution in [3.05, 3.63) is 0 Å². The first kappa shape index (κ1) is 13.5. The number of carbonyl (C=O) groups excluding carboxylic acids is 1. The largest absolute Gasteiger partial charge is 0.394 e. The number of carbonyl (C=O) groups is 1. The number of alkyl halides is 2. The van der Waals surface area contributed by atoms with Crippen molar-refractivity contribution in [3.63, 3.8) is 0 Å². The summed E-state index contributed by atoms with van der Waals surface area (Å²) in [6.45, 7) is 3.37. The van der Waals surface area contributed by atoms with E-state index in [0.717, 1.165) is 0 Å². The zero-order valence-corrected chi connectivity index (χ0v) is 10.8. The minimum Gasteiger partial charge on any atom is -0.394 e. The molecule has 0 aliphatic carbocycles. The lowest BCUT2D eigenvalue weighted by Crippen LogP contribution is -2.41. The molecule has 0 amide bonds. The first-order valence-corrected chi connectivity index (χ1v) is 5.61. The van der Waals surface area contributed by atoms with Crippen molar-refractivity contribution >= 4 is 37.6 Å². The SMILES string of the molecule is CC(C)CC(=O)C(Br)(Br)C(O)CO. The summed E-state index contributed by atoms with van der Waals surface area (Å²) in [6, 6.07) is 0. The molecule has 0 rings (SSSR count).